The fourth-order valence-electron chi connectivity index (χ4n) is 5.00. The molecule has 182 valence electrons. The lowest BCUT2D eigenvalue weighted by Crippen LogP contribution is -2.44. The first kappa shape index (κ1) is 23.3. The summed E-state index contributed by atoms with van der Waals surface area (Å²) in [6.45, 7) is 7.60. The molecule has 0 aliphatic heterocycles. The fourth-order valence-corrected chi connectivity index (χ4v) is 5.00. The number of ether oxygens (including phenoxy) is 1. The summed E-state index contributed by atoms with van der Waals surface area (Å²) in [5.74, 6) is 0.100. The Morgan fingerprint density at radius 1 is 1.03 bits per heavy atom. The second-order valence-electron chi connectivity index (χ2n) is 10.8. The standard InChI is InChI=1S/C29H33N3O3/c1-19-16-21(10-14-25(19)20-8-6-5-7-9-20)27(33)32(23-11-12-23)24-13-15-26-22(17-24)18-31(30-26)28(34)35-29(2,3)4/h5-10,14,16,18,23-24H,11-13,15,17H2,1-4H3. The molecule has 1 atom stereocenters. The molecule has 0 N–H and O–H groups in total. The van der Waals surface area contributed by atoms with Crippen molar-refractivity contribution >= 4 is 12.0 Å². The van der Waals surface area contributed by atoms with Crippen LogP contribution < -0.4 is 0 Å². The van der Waals surface area contributed by atoms with Crippen LogP contribution in [0.15, 0.2) is 54.7 Å². The minimum atomic E-state index is -0.574. The topological polar surface area (TPSA) is 64.4 Å². The first-order chi connectivity index (χ1) is 16.7. The van der Waals surface area contributed by atoms with E-state index in [9.17, 15) is 9.59 Å². The Hall–Kier alpha value is -3.41. The van der Waals surface area contributed by atoms with Gasteiger partial charge in [0.1, 0.15) is 5.60 Å². The smallest absolute Gasteiger partial charge is 0.435 e. The summed E-state index contributed by atoms with van der Waals surface area (Å²) in [5, 5.41) is 4.48. The number of nitrogens with zero attached hydrogens (tertiary/aromatic N) is 3. The zero-order valence-corrected chi connectivity index (χ0v) is 21.0. The molecule has 2 aliphatic rings. The van der Waals surface area contributed by atoms with Gasteiger partial charge in [0, 0.05) is 23.8 Å². The van der Waals surface area contributed by atoms with Gasteiger partial charge in [-0.15, -0.1) is 0 Å². The third-order valence-electron chi connectivity index (χ3n) is 6.75. The second kappa shape index (κ2) is 8.99. The van der Waals surface area contributed by atoms with Crippen LogP contribution in [0, 0.1) is 6.92 Å². The highest BCUT2D eigenvalue weighted by molar-refractivity contribution is 5.96. The molecule has 1 heterocycles. The van der Waals surface area contributed by atoms with Gasteiger partial charge >= 0.3 is 6.09 Å². The van der Waals surface area contributed by atoms with Crippen molar-refractivity contribution in [2.24, 2.45) is 0 Å². The lowest BCUT2D eigenvalue weighted by molar-refractivity contribution is 0.0513. The number of hydrogen-bond donors (Lipinski definition) is 0. The van der Waals surface area contributed by atoms with Gasteiger partial charge < -0.3 is 9.64 Å². The van der Waals surface area contributed by atoms with Crippen LogP contribution in [-0.4, -0.2) is 44.4 Å². The number of aryl methyl sites for hydroxylation is 2. The molecular formula is C29H33N3O3. The van der Waals surface area contributed by atoms with Crippen molar-refractivity contribution in [1.29, 1.82) is 0 Å². The van der Waals surface area contributed by atoms with E-state index in [4.69, 9.17) is 4.74 Å². The van der Waals surface area contributed by atoms with Crippen molar-refractivity contribution in [3.05, 3.63) is 77.1 Å². The van der Waals surface area contributed by atoms with Gasteiger partial charge in [-0.25, -0.2) is 4.79 Å². The molecule has 0 radical (unpaired) electrons. The third-order valence-corrected chi connectivity index (χ3v) is 6.75. The molecule has 2 aromatic carbocycles. The normalized spacial score (nSPS) is 17.5. The molecule has 1 unspecified atom stereocenters. The summed E-state index contributed by atoms with van der Waals surface area (Å²) in [5.41, 5.74) is 5.53. The van der Waals surface area contributed by atoms with Gasteiger partial charge in [0.05, 0.1) is 5.69 Å². The Labute approximate surface area is 206 Å². The van der Waals surface area contributed by atoms with Gasteiger partial charge in [0.2, 0.25) is 0 Å². The zero-order valence-electron chi connectivity index (χ0n) is 21.0. The molecule has 35 heavy (non-hydrogen) atoms. The lowest BCUT2D eigenvalue weighted by Gasteiger charge is -2.34. The summed E-state index contributed by atoms with van der Waals surface area (Å²) in [6.07, 6.45) is 5.72. The van der Waals surface area contributed by atoms with Crippen molar-refractivity contribution < 1.29 is 14.3 Å². The van der Waals surface area contributed by atoms with E-state index >= 15 is 0 Å². The molecule has 1 amide bonds. The average Bonchev–Trinajstić information content (AvgIpc) is 3.55. The number of benzene rings is 2. The van der Waals surface area contributed by atoms with Crippen LogP contribution in [-0.2, 0) is 17.6 Å². The predicted molar refractivity (Wildman–Crippen MR) is 135 cm³/mol. The van der Waals surface area contributed by atoms with Gasteiger partial charge in [0.15, 0.2) is 0 Å². The Balaban J connectivity index is 1.35. The van der Waals surface area contributed by atoms with Crippen LogP contribution in [0.25, 0.3) is 11.1 Å². The van der Waals surface area contributed by atoms with Crippen molar-refractivity contribution in [2.75, 3.05) is 0 Å². The number of fused-ring (bicyclic) bond motifs is 1. The number of hydrogen-bond acceptors (Lipinski definition) is 4. The first-order valence-corrected chi connectivity index (χ1v) is 12.5. The zero-order chi connectivity index (χ0) is 24.7. The van der Waals surface area contributed by atoms with Crippen LogP contribution in [0.4, 0.5) is 4.79 Å². The first-order valence-electron chi connectivity index (χ1n) is 12.5. The summed E-state index contributed by atoms with van der Waals surface area (Å²) < 4.78 is 6.78. The highest BCUT2D eigenvalue weighted by Crippen LogP contribution is 2.35. The molecule has 6 nitrogen and oxygen atoms in total. The maximum atomic E-state index is 13.7. The number of aromatic nitrogens is 2. The van der Waals surface area contributed by atoms with Crippen molar-refractivity contribution in [1.82, 2.24) is 14.7 Å². The molecule has 2 aliphatic carbocycles. The minimum absolute atomic E-state index is 0.100. The van der Waals surface area contributed by atoms with E-state index in [1.54, 1.807) is 6.20 Å². The summed E-state index contributed by atoms with van der Waals surface area (Å²) in [7, 11) is 0. The van der Waals surface area contributed by atoms with E-state index in [-0.39, 0.29) is 11.9 Å². The van der Waals surface area contributed by atoms with Gasteiger partial charge in [-0.2, -0.15) is 9.78 Å². The Morgan fingerprint density at radius 2 is 1.77 bits per heavy atom. The van der Waals surface area contributed by atoms with Crippen molar-refractivity contribution in [3.8, 4) is 11.1 Å². The highest BCUT2D eigenvalue weighted by atomic mass is 16.6. The molecule has 0 bridgehead atoms. The second-order valence-corrected chi connectivity index (χ2v) is 10.8. The van der Waals surface area contributed by atoms with E-state index in [2.05, 4.69) is 35.1 Å². The van der Waals surface area contributed by atoms with E-state index in [0.29, 0.717) is 12.5 Å². The van der Waals surface area contributed by atoms with Crippen LogP contribution in [0.5, 0.6) is 0 Å². The van der Waals surface area contributed by atoms with E-state index in [1.807, 2.05) is 51.1 Å². The molecule has 0 spiro atoms. The summed E-state index contributed by atoms with van der Waals surface area (Å²) in [6, 6.07) is 16.7. The fraction of sp³-hybridized carbons (Fsp3) is 0.414. The van der Waals surface area contributed by atoms with Crippen LogP contribution in [0.2, 0.25) is 0 Å². The summed E-state index contributed by atoms with van der Waals surface area (Å²) in [4.78, 5) is 28.3. The van der Waals surface area contributed by atoms with Gasteiger partial charge in [0.25, 0.3) is 5.91 Å². The molecule has 0 saturated heterocycles. The Kier molecular flexibility index (Phi) is 5.99. The van der Waals surface area contributed by atoms with Crippen LogP contribution in [0.3, 0.4) is 0 Å². The molecule has 6 heteroatoms. The Morgan fingerprint density at radius 3 is 2.43 bits per heavy atom. The van der Waals surface area contributed by atoms with Crippen LogP contribution in [0.1, 0.15) is 67.2 Å². The summed E-state index contributed by atoms with van der Waals surface area (Å²) >= 11 is 0. The quantitative estimate of drug-likeness (QED) is 0.482. The van der Waals surface area contributed by atoms with E-state index < -0.39 is 11.7 Å². The Bertz CT molecular complexity index is 1250. The van der Waals surface area contributed by atoms with Crippen molar-refractivity contribution in [3.63, 3.8) is 0 Å². The highest BCUT2D eigenvalue weighted by Gasteiger charge is 2.39. The number of rotatable bonds is 4. The van der Waals surface area contributed by atoms with Gasteiger partial charge in [-0.3, -0.25) is 4.79 Å². The van der Waals surface area contributed by atoms with Crippen molar-refractivity contribution in [2.45, 2.75) is 77.5 Å². The molecule has 1 saturated carbocycles. The maximum Gasteiger partial charge on any atom is 0.435 e. The number of carbonyl (C=O) groups excluding carboxylic acids is 2. The number of carbonyl (C=O) groups is 2. The average molecular weight is 472 g/mol. The van der Waals surface area contributed by atoms with E-state index in [0.717, 1.165) is 59.2 Å². The molecule has 5 rings (SSSR count). The number of amides is 1. The van der Waals surface area contributed by atoms with Crippen LogP contribution >= 0.6 is 0 Å². The SMILES string of the molecule is Cc1cc(C(=O)N(C2CC2)C2CCc3nn(C(=O)OC(C)(C)C)cc3C2)ccc1-c1ccccc1. The lowest BCUT2D eigenvalue weighted by atomic mass is 9.91. The van der Waals surface area contributed by atoms with E-state index in [1.165, 1.54) is 4.68 Å². The minimum Gasteiger partial charge on any atom is -0.442 e. The maximum absolute atomic E-state index is 13.7. The predicted octanol–water partition coefficient (Wildman–Crippen LogP) is 5.80. The molecule has 3 aromatic rings. The molecular weight excluding hydrogens is 438 g/mol. The molecule has 1 aromatic heterocycles. The largest absolute Gasteiger partial charge is 0.442 e. The van der Waals surface area contributed by atoms with Gasteiger partial charge in [-0.05, 0) is 94.2 Å². The monoisotopic (exact) mass is 471 g/mol. The third kappa shape index (κ3) is 5.02. The molecule has 1 fully saturated rings. The van der Waals surface area contributed by atoms with Gasteiger partial charge in [-0.1, -0.05) is 36.4 Å².